The minimum absolute atomic E-state index is 0.290. The minimum atomic E-state index is -0.753. The molecule has 3 aromatic carbocycles. The van der Waals surface area contributed by atoms with Gasteiger partial charge in [-0.05, 0) is 60.2 Å². The largest absolute Gasteiger partial charge is 0.514 e. The second-order valence-corrected chi connectivity index (χ2v) is 11.9. The van der Waals surface area contributed by atoms with Crippen LogP contribution in [-0.2, 0) is 30.9 Å². The molecule has 10 nitrogen and oxygen atoms in total. The van der Waals surface area contributed by atoms with Crippen LogP contribution in [-0.4, -0.2) is 60.0 Å². The highest BCUT2D eigenvalue weighted by Gasteiger charge is 2.28. The molecular formula is C38H38N4O6. The quantitative estimate of drug-likeness (QED) is 0.168. The summed E-state index contributed by atoms with van der Waals surface area (Å²) in [4.78, 5) is 23.9. The van der Waals surface area contributed by atoms with Gasteiger partial charge in [0, 0.05) is 37.1 Å². The normalized spacial score (nSPS) is 14.6. The summed E-state index contributed by atoms with van der Waals surface area (Å²) in [5.41, 5.74) is 7.77. The van der Waals surface area contributed by atoms with Crippen LogP contribution < -0.4 is 18.9 Å². The number of likely N-dealkylation sites (tertiary alicyclic amines) is 1. The van der Waals surface area contributed by atoms with E-state index >= 15 is 0 Å². The summed E-state index contributed by atoms with van der Waals surface area (Å²) >= 11 is 0. The number of aromatic nitrogens is 3. The number of rotatable bonds is 8. The third-order valence-electron chi connectivity index (χ3n) is 9.05. The lowest BCUT2D eigenvalue weighted by molar-refractivity contribution is 0.118. The lowest BCUT2D eigenvalue weighted by atomic mass is 9.90. The van der Waals surface area contributed by atoms with Gasteiger partial charge in [0.2, 0.25) is 11.6 Å². The maximum atomic E-state index is 11.9. The molecule has 7 rings (SSSR count). The fourth-order valence-corrected chi connectivity index (χ4v) is 6.66. The highest BCUT2D eigenvalue weighted by Crippen LogP contribution is 2.41. The molecule has 1 saturated heterocycles. The molecule has 10 heteroatoms. The summed E-state index contributed by atoms with van der Waals surface area (Å²) in [5, 5.41) is 1.09. The van der Waals surface area contributed by atoms with Crippen molar-refractivity contribution in [2.24, 2.45) is 0 Å². The number of fused-ring (bicyclic) bond motifs is 3. The van der Waals surface area contributed by atoms with Crippen molar-refractivity contribution in [1.82, 2.24) is 19.4 Å². The topological polar surface area (TPSA) is 97.2 Å². The van der Waals surface area contributed by atoms with E-state index in [0.717, 1.165) is 72.5 Å². The van der Waals surface area contributed by atoms with Crippen LogP contribution >= 0.6 is 0 Å². The average Bonchev–Trinajstić information content (AvgIpc) is 3.43. The van der Waals surface area contributed by atoms with E-state index in [2.05, 4.69) is 35.2 Å². The van der Waals surface area contributed by atoms with Crippen molar-refractivity contribution in [3.8, 4) is 23.1 Å². The molecule has 246 valence electrons. The highest BCUT2D eigenvalue weighted by molar-refractivity contribution is 5.82. The van der Waals surface area contributed by atoms with Crippen molar-refractivity contribution in [2.75, 3.05) is 34.4 Å². The lowest BCUT2D eigenvalue weighted by Gasteiger charge is -2.30. The molecule has 0 saturated carbocycles. The molecule has 48 heavy (non-hydrogen) atoms. The average molecular weight is 647 g/mol. The maximum Gasteiger partial charge on any atom is 0.514 e. The summed E-state index contributed by atoms with van der Waals surface area (Å²) in [6, 6.07) is 24.6. The molecule has 2 aliphatic heterocycles. The summed E-state index contributed by atoms with van der Waals surface area (Å²) in [6.07, 6.45) is 3.44. The van der Waals surface area contributed by atoms with E-state index in [-0.39, 0.29) is 6.61 Å². The Balaban J connectivity index is 1.09. The molecule has 1 fully saturated rings. The van der Waals surface area contributed by atoms with E-state index in [1.807, 2.05) is 47.0 Å². The van der Waals surface area contributed by atoms with Gasteiger partial charge in [-0.2, -0.15) is 0 Å². The standard InChI is InChI=1S/C38H38N4O6/c1-44-32-20-25(21-33(45-2)36(32)47-24-29-13-12-27-9-5-7-11-31(27)40-29)23-41-17-14-28(15-18-41)35-30-10-6-4-8-26(30)16-19-42-34(22-39-37(35)42)48-38(43)46-3/h4-13,20-22H,14-19,23-24H2,1-3H3. The van der Waals surface area contributed by atoms with Gasteiger partial charge in [0.15, 0.2) is 11.5 Å². The SMILES string of the molecule is COC(=O)Oc1cnc2n1CCc1ccccc1C2=C1CCN(Cc2cc(OC)c(OCc3ccc4ccccc4n3)c(OC)c2)CC1. The molecule has 0 spiro atoms. The number of aryl methyl sites for hydroxylation is 1. The fourth-order valence-electron chi connectivity index (χ4n) is 6.66. The number of carbonyl (C=O) groups is 1. The summed E-state index contributed by atoms with van der Waals surface area (Å²) in [6.45, 7) is 3.44. The monoisotopic (exact) mass is 646 g/mol. The number of methoxy groups -OCH3 is 3. The first-order valence-electron chi connectivity index (χ1n) is 16.1. The lowest BCUT2D eigenvalue weighted by Crippen LogP contribution is -2.30. The zero-order valence-electron chi connectivity index (χ0n) is 27.4. The number of hydrogen-bond donors (Lipinski definition) is 0. The maximum absolute atomic E-state index is 11.9. The second-order valence-electron chi connectivity index (χ2n) is 11.9. The van der Waals surface area contributed by atoms with Crippen molar-refractivity contribution in [1.29, 1.82) is 0 Å². The Hall–Kier alpha value is -5.35. The molecule has 0 N–H and O–H groups in total. The number of ether oxygens (including phenoxy) is 5. The van der Waals surface area contributed by atoms with Gasteiger partial charge in [-0.3, -0.25) is 9.47 Å². The summed E-state index contributed by atoms with van der Waals surface area (Å²) in [5.74, 6) is 3.02. The molecule has 0 amide bonds. The number of imidazole rings is 1. The van der Waals surface area contributed by atoms with Crippen molar-refractivity contribution < 1.29 is 28.5 Å². The van der Waals surface area contributed by atoms with Crippen molar-refractivity contribution in [3.63, 3.8) is 0 Å². The molecule has 4 heterocycles. The first-order chi connectivity index (χ1) is 23.5. The second kappa shape index (κ2) is 13.8. The number of pyridine rings is 1. The number of para-hydroxylation sites is 1. The third-order valence-corrected chi connectivity index (χ3v) is 9.05. The Bertz CT molecular complexity index is 1970. The van der Waals surface area contributed by atoms with Gasteiger partial charge in [0.05, 0.1) is 38.7 Å². The Labute approximate surface area is 279 Å². The van der Waals surface area contributed by atoms with Crippen LogP contribution in [0.25, 0.3) is 16.5 Å². The van der Waals surface area contributed by atoms with Gasteiger partial charge in [0.1, 0.15) is 12.4 Å². The smallest absolute Gasteiger partial charge is 0.493 e. The fraction of sp³-hybridized carbons (Fsp3) is 0.289. The van der Waals surface area contributed by atoms with Crippen LogP contribution in [0.2, 0.25) is 0 Å². The predicted octanol–water partition coefficient (Wildman–Crippen LogP) is 6.83. The highest BCUT2D eigenvalue weighted by atomic mass is 16.7. The van der Waals surface area contributed by atoms with E-state index in [9.17, 15) is 4.79 Å². The first kappa shape index (κ1) is 31.3. The van der Waals surface area contributed by atoms with E-state index in [1.54, 1.807) is 20.4 Å². The van der Waals surface area contributed by atoms with E-state index in [1.165, 1.54) is 23.8 Å². The van der Waals surface area contributed by atoms with Gasteiger partial charge < -0.3 is 23.7 Å². The van der Waals surface area contributed by atoms with Gasteiger partial charge in [-0.25, -0.2) is 14.8 Å². The van der Waals surface area contributed by atoms with Crippen LogP contribution in [0.15, 0.2) is 84.6 Å². The Kier molecular flexibility index (Phi) is 8.98. The molecule has 0 aliphatic carbocycles. The van der Waals surface area contributed by atoms with Gasteiger partial charge in [0.25, 0.3) is 0 Å². The molecule has 2 aliphatic rings. The number of hydrogen-bond acceptors (Lipinski definition) is 9. The zero-order chi connectivity index (χ0) is 33.0. The van der Waals surface area contributed by atoms with Crippen molar-refractivity contribution >= 4 is 22.6 Å². The Morgan fingerprint density at radius 3 is 2.38 bits per heavy atom. The molecular weight excluding hydrogens is 608 g/mol. The van der Waals surface area contributed by atoms with E-state index in [4.69, 9.17) is 33.7 Å². The van der Waals surface area contributed by atoms with Crippen LogP contribution in [0.3, 0.4) is 0 Å². The van der Waals surface area contributed by atoms with Crippen LogP contribution in [0.5, 0.6) is 23.1 Å². The van der Waals surface area contributed by atoms with Crippen molar-refractivity contribution in [2.45, 2.75) is 39.0 Å². The molecule has 2 aromatic heterocycles. The number of piperidine rings is 1. The molecule has 5 aromatic rings. The van der Waals surface area contributed by atoms with Gasteiger partial charge >= 0.3 is 6.16 Å². The van der Waals surface area contributed by atoms with Crippen molar-refractivity contribution in [3.05, 3.63) is 113 Å². The van der Waals surface area contributed by atoms with Crippen LogP contribution in [0.4, 0.5) is 4.79 Å². The molecule has 0 unspecified atom stereocenters. The summed E-state index contributed by atoms with van der Waals surface area (Å²) in [7, 11) is 4.60. The minimum Gasteiger partial charge on any atom is -0.493 e. The van der Waals surface area contributed by atoms with Gasteiger partial charge in [-0.1, -0.05) is 54.1 Å². The summed E-state index contributed by atoms with van der Waals surface area (Å²) < 4.78 is 30.0. The number of nitrogens with zero attached hydrogens (tertiary/aromatic N) is 4. The molecule has 0 radical (unpaired) electrons. The third kappa shape index (κ3) is 6.31. The molecule has 0 atom stereocenters. The van der Waals surface area contributed by atoms with E-state index < -0.39 is 6.16 Å². The Morgan fingerprint density at radius 2 is 1.60 bits per heavy atom. The van der Waals surface area contributed by atoms with Gasteiger partial charge in [-0.15, -0.1) is 0 Å². The van der Waals surface area contributed by atoms with Crippen LogP contribution in [0.1, 0.15) is 41.1 Å². The number of carbonyl (C=O) groups excluding carboxylic acids is 1. The Morgan fingerprint density at radius 1 is 0.854 bits per heavy atom. The first-order valence-corrected chi connectivity index (χ1v) is 16.1. The zero-order valence-corrected chi connectivity index (χ0v) is 27.4. The van der Waals surface area contributed by atoms with E-state index in [0.29, 0.717) is 29.7 Å². The van der Waals surface area contributed by atoms with Crippen LogP contribution in [0, 0.1) is 0 Å². The molecule has 0 bridgehead atoms. The predicted molar refractivity (Wildman–Crippen MR) is 182 cm³/mol. The number of benzene rings is 3.